The van der Waals surface area contributed by atoms with Gasteiger partial charge in [-0.3, -0.25) is 0 Å². The number of isocyanates is 1. The lowest BCUT2D eigenvalue weighted by molar-refractivity contribution is 0.456. The first-order valence-corrected chi connectivity index (χ1v) is 8.27. The van der Waals surface area contributed by atoms with Crippen LogP contribution < -0.4 is 4.90 Å². The molecule has 0 amide bonds. The van der Waals surface area contributed by atoms with Crippen LogP contribution in [-0.2, 0) is 10.3 Å². The maximum Gasteiger partial charge on any atom is 0.235 e. The van der Waals surface area contributed by atoms with Crippen LogP contribution in [0.25, 0.3) is 0 Å². The highest BCUT2D eigenvalue weighted by Crippen LogP contribution is 2.44. The van der Waals surface area contributed by atoms with Crippen molar-refractivity contribution < 1.29 is 4.79 Å². The number of halogens is 1. The Labute approximate surface area is 131 Å². The van der Waals surface area contributed by atoms with Crippen LogP contribution in [0.2, 0.25) is 5.02 Å². The van der Waals surface area contributed by atoms with Gasteiger partial charge in [-0.25, -0.2) is 4.79 Å². The predicted octanol–water partition coefficient (Wildman–Crippen LogP) is 4.44. The summed E-state index contributed by atoms with van der Waals surface area (Å²) in [4.78, 5) is 17.3. The molecule has 112 valence electrons. The molecule has 1 aliphatic carbocycles. The Balaban J connectivity index is 1.91. The summed E-state index contributed by atoms with van der Waals surface area (Å²) in [5.41, 5.74) is 1.80. The Morgan fingerprint density at radius 1 is 1.10 bits per heavy atom. The van der Waals surface area contributed by atoms with Crippen molar-refractivity contribution in [3.63, 3.8) is 0 Å². The molecule has 21 heavy (non-hydrogen) atoms. The lowest BCUT2D eigenvalue weighted by Crippen LogP contribution is -2.29. The largest absolute Gasteiger partial charge is 0.370 e. The van der Waals surface area contributed by atoms with E-state index in [1.165, 1.54) is 19.3 Å². The van der Waals surface area contributed by atoms with E-state index in [1.807, 2.05) is 6.07 Å². The molecule has 1 aliphatic heterocycles. The van der Waals surface area contributed by atoms with E-state index in [9.17, 15) is 4.79 Å². The smallest absolute Gasteiger partial charge is 0.235 e. The van der Waals surface area contributed by atoms with Crippen molar-refractivity contribution in [3.05, 3.63) is 28.8 Å². The van der Waals surface area contributed by atoms with Crippen LogP contribution >= 0.6 is 11.6 Å². The molecule has 3 rings (SSSR count). The molecule has 1 saturated carbocycles. The van der Waals surface area contributed by atoms with Gasteiger partial charge in [-0.1, -0.05) is 30.5 Å². The van der Waals surface area contributed by atoms with Gasteiger partial charge in [0.1, 0.15) is 0 Å². The third-order valence-corrected chi connectivity index (χ3v) is 5.17. The summed E-state index contributed by atoms with van der Waals surface area (Å²) in [7, 11) is 0. The van der Waals surface area contributed by atoms with Crippen molar-refractivity contribution in [2.24, 2.45) is 4.99 Å². The van der Waals surface area contributed by atoms with Crippen molar-refractivity contribution in [1.29, 1.82) is 0 Å². The van der Waals surface area contributed by atoms with Gasteiger partial charge in [0.2, 0.25) is 6.08 Å². The van der Waals surface area contributed by atoms with Gasteiger partial charge in [0.05, 0.1) is 16.2 Å². The first-order chi connectivity index (χ1) is 10.2. The predicted molar refractivity (Wildman–Crippen MR) is 85.8 cm³/mol. The van der Waals surface area contributed by atoms with E-state index in [0.717, 1.165) is 55.0 Å². The second kappa shape index (κ2) is 6.21. The lowest BCUT2D eigenvalue weighted by Gasteiger charge is -2.31. The van der Waals surface area contributed by atoms with Gasteiger partial charge in [-0.2, -0.15) is 4.99 Å². The number of aliphatic imine (C=N–C) groups is 1. The second-order valence-electron chi connectivity index (χ2n) is 6.16. The summed E-state index contributed by atoms with van der Waals surface area (Å²) in [5, 5.41) is 0.779. The van der Waals surface area contributed by atoms with E-state index >= 15 is 0 Å². The summed E-state index contributed by atoms with van der Waals surface area (Å²) >= 11 is 6.52. The van der Waals surface area contributed by atoms with Gasteiger partial charge >= 0.3 is 0 Å². The van der Waals surface area contributed by atoms with Gasteiger partial charge in [0.25, 0.3) is 0 Å². The minimum atomic E-state index is -0.383. The fourth-order valence-electron chi connectivity index (χ4n) is 3.70. The molecule has 0 N–H and O–H groups in total. The molecule has 3 nitrogen and oxygen atoms in total. The van der Waals surface area contributed by atoms with E-state index in [0.29, 0.717) is 0 Å². The van der Waals surface area contributed by atoms with Crippen molar-refractivity contribution in [3.8, 4) is 0 Å². The third-order valence-electron chi connectivity index (χ3n) is 4.87. The van der Waals surface area contributed by atoms with Crippen LogP contribution in [0, 0.1) is 0 Å². The summed E-state index contributed by atoms with van der Waals surface area (Å²) in [6.45, 7) is 2.16. The highest BCUT2D eigenvalue weighted by Gasteiger charge is 2.36. The zero-order valence-electron chi connectivity index (χ0n) is 12.3. The van der Waals surface area contributed by atoms with E-state index in [1.54, 1.807) is 6.08 Å². The molecule has 2 aliphatic rings. The number of rotatable bonds is 3. The van der Waals surface area contributed by atoms with E-state index < -0.39 is 0 Å². The fourth-order valence-corrected chi connectivity index (χ4v) is 4.00. The maximum atomic E-state index is 10.8. The van der Waals surface area contributed by atoms with Gasteiger partial charge in [0, 0.05) is 13.1 Å². The fraction of sp³-hybridized carbons (Fsp3) is 0.588. The van der Waals surface area contributed by atoms with Gasteiger partial charge in [-0.05, 0) is 49.8 Å². The van der Waals surface area contributed by atoms with E-state index in [2.05, 4.69) is 22.0 Å². The van der Waals surface area contributed by atoms with Crippen LogP contribution in [0.3, 0.4) is 0 Å². The van der Waals surface area contributed by atoms with Crippen molar-refractivity contribution in [2.45, 2.75) is 50.5 Å². The Morgan fingerprint density at radius 3 is 2.43 bits per heavy atom. The summed E-state index contributed by atoms with van der Waals surface area (Å²) < 4.78 is 0. The molecular formula is C17H21ClN2O. The van der Waals surface area contributed by atoms with E-state index in [-0.39, 0.29) is 5.54 Å². The molecule has 0 spiro atoms. The molecule has 1 aromatic rings. The molecule has 2 fully saturated rings. The molecule has 1 aromatic carbocycles. The molecule has 0 radical (unpaired) electrons. The SMILES string of the molecule is O=C=NC1(c2ccc(N3CCCCC3)c(Cl)c2)CCCC1. The molecule has 0 unspecified atom stereocenters. The van der Waals surface area contributed by atoms with E-state index in [4.69, 9.17) is 11.6 Å². The van der Waals surface area contributed by atoms with Crippen LogP contribution in [0.4, 0.5) is 5.69 Å². The number of nitrogens with zero attached hydrogens (tertiary/aromatic N) is 2. The topological polar surface area (TPSA) is 32.7 Å². The number of anilines is 1. The van der Waals surface area contributed by atoms with Crippen LogP contribution in [-0.4, -0.2) is 19.2 Å². The van der Waals surface area contributed by atoms with Crippen LogP contribution in [0.1, 0.15) is 50.5 Å². The second-order valence-corrected chi connectivity index (χ2v) is 6.56. The first-order valence-electron chi connectivity index (χ1n) is 7.89. The van der Waals surface area contributed by atoms with Gasteiger partial charge in [-0.15, -0.1) is 0 Å². The number of carbonyl (C=O) groups excluding carboxylic acids is 1. The third kappa shape index (κ3) is 2.86. The monoisotopic (exact) mass is 304 g/mol. The number of benzene rings is 1. The Bertz CT molecular complexity index is 554. The Kier molecular flexibility index (Phi) is 4.32. The first kappa shape index (κ1) is 14.6. The molecule has 0 bridgehead atoms. The normalized spacial score (nSPS) is 21.1. The number of piperidine rings is 1. The Morgan fingerprint density at radius 2 is 1.81 bits per heavy atom. The number of hydrogen-bond donors (Lipinski definition) is 0. The lowest BCUT2D eigenvalue weighted by atomic mass is 9.88. The maximum absolute atomic E-state index is 10.8. The summed E-state index contributed by atoms with van der Waals surface area (Å²) in [5.74, 6) is 0. The molecule has 0 aromatic heterocycles. The highest BCUT2D eigenvalue weighted by atomic mass is 35.5. The van der Waals surface area contributed by atoms with Crippen LogP contribution in [0.15, 0.2) is 23.2 Å². The zero-order chi connectivity index (χ0) is 14.7. The molecule has 4 heteroatoms. The average molecular weight is 305 g/mol. The van der Waals surface area contributed by atoms with Crippen molar-refractivity contribution >= 4 is 23.4 Å². The summed E-state index contributed by atoms with van der Waals surface area (Å²) in [6.07, 6.45) is 9.60. The Hall–Kier alpha value is -1.31. The molecule has 1 heterocycles. The molecule has 0 atom stereocenters. The summed E-state index contributed by atoms with van der Waals surface area (Å²) in [6, 6.07) is 6.21. The van der Waals surface area contributed by atoms with Gasteiger partial charge in [0.15, 0.2) is 0 Å². The average Bonchev–Trinajstić information content (AvgIpc) is 2.98. The van der Waals surface area contributed by atoms with Crippen LogP contribution in [0.5, 0.6) is 0 Å². The molecule has 1 saturated heterocycles. The van der Waals surface area contributed by atoms with Crippen molar-refractivity contribution in [1.82, 2.24) is 0 Å². The van der Waals surface area contributed by atoms with Crippen molar-refractivity contribution in [2.75, 3.05) is 18.0 Å². The highest BCUT2D eigenvalue weighted by molar-refractivity contribution is 6.33. The minimum absolute atomic E-state index is 0.383. The minimum Gasteiger partial charge on any atom is -0.370 e. The number of hydrogen-bond acceptors (Lipinski definition) is 3. The standard InChI is InChI=1S/C17H21ClN2O/c18-15-12-14(17(19-13-21)8-2-3-9-17)6-7-16(15)20-10-4-1-5-11-20/h6-7,12H,1-5,8-11H2. The van der Waals surface area contributed by atoms with Gasteiger partial charge < -0.3 is 4.90 Å². The quantitative estimate of drug-likeness (QED) is 0.611. The zero-order valence-corrected chi connectivity index (χ0v) is 13.0. The molecular weight excluding hydrogens is 284 g/mol.